The number of carboxylic acids is 2. The van der Waals surface area contributed by atoms with E-state index in [9.17, 15) is 39.0 Å². The highest BCUT2D eigenvalue weighted by Gasteiger charge is 2.62. The Hall–Kier alpha value is -4.06. The van der Waals surface area contributed by atoms with Crippen LogP contribution in [0.2, 0.25) is 0 Å². The molecule has 3 fully saturated rings. The molecule has 6 atom stereocenters. The molecule has 2 saturated heterocycles. The van der Waals surface area contributed by atoms with Gasteiger partial charge in [0.15, 0.2) is 0 Å². The largest absolute Gasteiger partial charge is 0.491 e. The van der Waals surface area contributed by atoms with Crippen molar-refractivity contribution in [2.45, 2.75) is 31.6 Å². The Bertz CT molecular complexity index is 1310. The molecule has 2 aliphatic heterocycles. The Morgan fingerprint density at radius 1 is 0.825 bits per heavy atom. The number of carbonyl (C=O) groups is 6. The molecule has 2 heterocycles. The number of hydrogen-bond acceptors (Lipinski definition) is 8. The van der Waals surface area contributed by atoms with E-state index in [0.717, 1.165) is 15.4 Å². The Morgan fingerprint density at radius 2 is 1.43 bits per heavy atom. The fourth-order valence-electron chi connectivity index (χ4n) is 6.95. The Labute approximate surface area is 229 Å². The number of carboxylic acid groups (broad SMARTS) is 2. The molecule has 1 aromatic rings. The quantitative estimate of drug-likeness (QED) is 0.275. The van der Waals surface area contributed by atoms with E-state index in [1.807, 2.05) is 6.08 Å². The maximum Gasteiger partial charge on any atom is 0.305 e. The molecule has 0 spiro atoms. The molecule has 1 aromatic carbocycles. The number of aliphatic hydroxyl groups is 1. The van der Waals surface area contributed by atoms with Crippen LogP contribution in [0.1, 0.15) is 37.2 Å². The standard InChI is InChI=1S/C28H30N2O10/c31-11-12-40-19-4-2-1-3-15(19)22-14-5-6-16-23(27(38)29(25(16)36)9-7-20(32)33)17(14)13-18-24(22)28(39)30(26(18)37)10-8-21(34)35/h1-5,16-18,22-24,31H,6-13H2,(H,32,33)(H,34,35)/t16-,17+,18+,22+,23-,24+/m0/s1. The molecule has 1 saturated carbocycles. The van der Waals surface area contributed by atoms with Gasteiger partial charge in [0.1, 0.15) is 12.4 Å². The molecule has 3 N–H and O–H groups in total. The molecule has 0 aromatic heterocycles. The average Bonchev–Trinajstić information content (AvgIpc) is 3.32. The molecule has 4 aliphatic rings. The fourth-order valence-corrected chi connectivity index (χ4v) is 6.95. The van der Waals surface area contributed by atoms with Crippen molar-refractivity contribution in [2.75, 3.05) is 26.3 Å². The van der Waals surface area contributed by atoms with Crippen molar-refractivity contribution >= 4 is 35.6 Å². The van der Waals surface area contributed by atoms with Crippen molar-refractivity contribution < 1.29 is 48.8 Å². The summed E-state index contributed by atoms with van der Waals surface area (Å²) in [4.78, 5) is 78.3. The third-order valence-corrected chi connectivity index (χ3v) is 8.53. The van der Waals surface area contributed by atoms with Crippen LogP contribution in [0.25, 0.3) is 0 Å². The van der Waals surface area contributed by atoms with E-state index in [-0.39, 0.29) is 45.6 Å². The van der Waals surface area contributed by atoms with Gasteiger partial charge in [-0.2, -0.15) is 0 Å². The minimum atomic E-state index is -1.15. The summed E-state index contributed by atoms with van der Waals surface area (Å²) in [5.74, 6) is -8.20. The molecule has 40 heavy (non-hydrogen) atoms. The smallest absolute Gasteiger partial charge is 0.305 e. The lowest BCUT2D eigenvalue weighted by atomic mass is 9.57. The molecule has 0 radical (unpaired) electrons. The maximum absolute atomic E-state index is 13.7. The third-order valence-electron chi connectivity index (χ3n) is 8.53. The summed E-state index contributed by atoms with van der Waals surface area (Å²) in [6, 6.07) is 6.95. The van der Waals surface area contributed by atoms with Crippen molar-refractivity contribution in [1.82, 2.24) is 9.80 Å². The molecule has 212 valence electrons. The first-order valence-electron chi connectivity index (χ1n) is 13.3. The minimum absolute atomic E-state index is 0.00581. The number of hydrogen-bond donors (Lipinski definition) is 3. The zero-order valence-electron chi connectivity index (χ0n) is 21.6. The highest BCUT2D eigenvalue weighted by molar-refractivity contribution is 6.08. The van der Waals surface area contributed by atoms with Gasteiger partial charge in [-0.3, -0.25) is 38.6 Å². The molecule has 0 unspecified atom stereocenters. The number of imide groups is 2. The fraction of sp³-hybridized carbons (Fsp3) is 0.500. The van der Waals surface area contributed by atoms with Crippen LogP contribution in [-0.2, 0) is 28.8 Å². The van der Waals surface area contributed by atoms with Crippen molar-refractivity contribution in [3.05, 3.63) is 41.5 Å². The normalized spacial score (nSPS) is 29.2. The zero-order chi connectivity index (χ0) is 28.7. The molecule has 5 rings (SSSR count). The number of aliphatic hydroxyl groups excluding tert-OH is 1. The topological polar surface area (TPSA) is 179 Å². The second kappa shape index (κ2) is 10.8. The van der Waals surface area contributed by atoms with Gasteiger partial charge in [0.25, 0.3) is 0 Å². The molecular formula is C28H30N2O10. The van der Waals surface area contributed by atoms with Crippen LogP contribution in [0.5, 0.6) is 5.75 Å². The highest BCUT2D eigenvalue weighted by atomic mass is 16.5. The zero-order valence-corrected chi connectivity index (χ0v) is 21.6. The second-order valence-corrected chi connectivity index (χ2v) is 10.6. The van der Waals surface area contributed by atoms with E-state index in [0.29, 0.717) is 11.3 Å². The summed E-state index contributed by atoms with van der Waals surface area (Å²) in [6.45, 7) is -0.765. The predicted molar refractivity (Wildman–Crippen MR) is 134 cm³/mol. The van der Waals surface area contributed by atoms with Gasteiger partial charge in [-0.05, 0) is 24.8 Å². The number of para-hydroxylation sites is 1. The number of nitrogens with zero attached hydrogens (tertiary/aromatic N) is 2. The van der Waals surface area contributed by atoms with E-state index in [4.69, 9.17) is 9.84 Å². The SMILES string of the molecule is O=C(O)CCN1C(=O)[C@H]2[C@H](CC=C3[C@H]2C[C@H]2C(=O)N(CCC(=O)O)C(=O)[C@H]2[C@H]3c2ccccc2OCCO)C1=O. The number of amides is 4. The Kier molecular flexibility index (Phi) is 7.45. The van der Waals surface area contributed by atoms with Crippen LogP contribution in [-0.4, -0.2) is 87.0 Å². The lowest BCUT2D eigenvalue weighted by Gasteiger charge is -2.44. The van der Waals surface area contributed by atoms with Crippen LogP contribution in [0, 0.1) is 29.6 Å². The predicted octanol–water partition coefficient (Wildman–Crippen LogP) is 0.643. The summed E-state index contributed by atoms with van der Waals surface area (Å²) < 4.78 is 5.78. The van der Waals surface area contributed by atoms with Gasteiger partial charge in [0, 0.05) is 24.6 Å². The summed E-state index contributed by atoms with van der Waals surface area (Å²) in [6.07, 6.45) is 1.44. The monoisotopic (exact) mass is 554 g/mol. The Morgan fingerprint density at radius 3 is 2.05 bits per heavy atom. The van der Waals surface area contributed by atoms with Crippen LogP contribution < -0.4 is 4.74 Å². The highest BCUT2D eigenvalue weighted by Crippen LogP contribution is 2.58. The van der Waals surface area contributed by atoms with Crippen LogP contribution in [0.15, 0.2) is 35.9 Å². The third kappa shape index (κ3) is 4.55. The summed E-state index contributed by atoms with van der Waals surface area (Å²) >= 11 is 0. The van der Waals surface area contributed by atoms with Crippen LogP contribution in [0.4, 0.5) is 0 Å². The number of rotatable bonds is 10. The number of allylic oxidation sites excluding steroid dienone is 2. The maximum atomic E-state index is 13.7. The van der Waals surface area contributed by atoms with Gasteiger partial charge in [-0.1, -0.05) is 29.8 Å². The molecule has 4 amide bonds. The number of benzene rings is 1. The number of ether oxygens (including phenoxy) is 1. The van der Waals surface area contributed by atoms with Crippen molar-refractivity contribution in [2.24, 2.45) is 29.6 Å². The van der Waals surface area contributed by atoms with E-state index < -0.39 is 77.5 Å². The number of fused-ring (bicyclic) bond motifs is 4. The number of aliphatic carboxylic acids is 2. The molecule has 12 nitrogen and oxygen atoms in total. The number of likely N-dealkylation sites (tertiary alicyclic amines) is 2. The van der Waals surface area contributed by atoms with Crippen LogP contribution in [0.3, 0.4) is 0 Å². The lowest BCUT2D eigenvalue weighted by Crippen LogP contribution is -2.43. The Balaban J connectivity index is 1.57. The molecule has 0 bridgehead atoms. The van der Waals surface area contributed by atoms with Crippen molar-refractivity contribution in [3.8, 4) is 5.75 Å². The van der Waals surface area contributed by atoms with Gasteiger partial charge in [0.2, 0.25) is 23.6 Å². The van der Waals surface area contributed by atoms with E-state index in [2.05, 4.69) is 0 Å². The summed E-state index contributed by atoms with van der Waals surface area (Å²) in [5, 5.41) is 27.6. The first-order chi connectivity index (χ1) is 19.1. The van der Waals surface area contributed by atoms with Gasteiger partial charge in [-0.15, -0.1) is 0 Å². The van der Waals surface area contributed by atoms with E-state index in [1.165, 1.54) is 0 Å². The molecule has 2 aliphatic carbocycles. The minimum Gasteiger partial charge on any atom is -0.491 e. The van der Waals surface area contributed by atoms with Gasteiger partial charge in [0.05, 0.1) is 43.1 Å². The first kappa shape index (κ1) is 27.5. The molecular weight excluding hydrogens is 524 g/mol. The second-order valence-electron chi connectivity index (χ2n) is 10.6. The van der Waals surface area contributed by atoms with E-state index in [1.54, 1.807) is 24.3 Å². The number of carbonyl (C=O) groups excluding carboxylic acids is 4. The average molecular weight is 555 g/mol. The first-order valence-corrected chi connectivity index (χ1v) is 13.3. The van der Waals surface area contributed by atoms with E-state index >= 15 is 0 Å². The van der Waals surface area contributed by atoms with Crippen molar-refractivity contribution in [3.63, 3.8) is 0 Å². The lowest BCUT2D eigenvalue weighted by molar-refractivity contribution is -0.145. The summed E-state index contributed by atoms with van der Waals surface area (Å²) in [7, 11) is 0. The summed E-state index contributed by atoms with van der Waals surface area (Å²) in [5.41, 5.74) is 1.34. The van der Waals surface area contributed by atoms with Crippen LogP contribution >= 0.6 is 0 Å². The van der Waals surface area contributed by atoms with Gasteiger partial charge in [-0.25, -0.2) is 0 Å². The van der Waals surface area contributed by atoms with Gasteiger partial charge >= 0.3 is 11.9 Å². The molecule has 12 heteroatoms. The van der Waals surface area contributed by atoms with Crippen molar-refractivity contribution in [1.29, 1.82) is 0 Å². The van der Waals surface area contributed by atoms with Gasteiger partial charge < -0.3 is 20.1 Å².